The summed E-state index contributed by atoms with van der Waals surface area (Å²) in [4.78, 5) is 18.5. The van der Waals surface area contributed by atoms with Gasteiger partial charge in [0.1, 0.15) is 0 Å². The highest BCUT2D eigenvalue weighted by molar-refractivity contribution is 7.89. The van der Waals surface area contributed by atoms with E-state index in [0.29, 0.717) is 26.3 Å². The molecular weight excluding hydrogens is 358 g/mol. The Balaban J connectivity index is 1.70. The Morgan fingerprint density at radius 2 is 1.96 bits per heavy atom. The second kappa shape index (κ2) is 7.53. The molecule has 0 atom stereocenters. The molecule has 3 heterocycles. The fourth-order valence-corrected chi connectivity index (χ4v) is 4.84. The van der Waals surface area contributed by atoms with Gasteiger partial charge < -0.3 is 19.5 Å². The number of ether oxygens (including phenoxy) is 1. The average Bonchev–Trinajstić information content (AvgIpc) is 2.97. The van der Waals surface area contributed by atoms with Crippen LogP contribution in [0.3, 0.4) is 0 Å². The number of hydrogen-bond donors (Lipinski definition) is 1. The first-order valence-corrected chi connectivity index (χ1v) is 10.4. The van der Waals surface area contributed by atoms with E-state index in [-0.39, 0.29) is 29.2 Å². The molecule has 0 saturated carbocycles. The fourth-order valence-electron chi connectivity index (χ4n) is 3.36. The van der Waals surface area contributed by atoms with E-state index in [4.69, 9.17) is 4.74 Å². The van der Waals surface area contributed by atoms with E-state index in [9.17, 15) is 13.2 Å². The van der Waals surface area contributed by atoms with Crippen LogP contribution in [0, 0.1) is 0 Å². The lowest BCUT2D eigenvalue weighted by Gasteiger charge is -2.48. The third kappa shape index (κ3) is 3.86. The molecule has 9 nitrogen and oxygen atoms in total. The number of hydrogen-bond acceptors (Lipinski definition) is 5. The highest BCUT2D eigenvalue weighted by atomic mass is 32.2. The number of aromatic nitrogens is 2. The molecule has 2 amide bonds. The van der Waals surface area contributed by atoms with Crippen molar-refractivity contribution in [3.63, 3.8) is 0 Å². The van der Waals surface area contributed by atoms with Crippen molar-refractivity contribution in [3.05, 3.63) is 12.5 Å². The van der Waals surface area contributed by atoms with Crippen LogP contribution in [0.1, 0.15) is 26.7 Å². The van der Waals surface area contributed by atoms with Crippen molar-refractivity contribution in [1.29, 1.82) is 0 Å². The molecule has 1 aromatic rings. The quantitative estimate of drug-likeness (QED) is 0.791. The standard InChI is InChI=1S/C16H27N5O4S/c1-12(2)18-16(22)21(13-4-6-25-7-5-13)14-8-20(9-14)26(23,24)15-10-19(3)11-17-15/h10-14H,4-9H2,1-3H3,(H,18,22). The van der Waals surface area contributed by atoms with E-state index in [0.717, 1.165) is 12.8 Å². The maximum atomic E-state index is 12.7. The van der Waals surface area contributed by atoms with E-state index < -0.39 is 10.0 Å². The third-order valence-electron chi connectivity index (χ3n) is 4.74. The van der Waals surface area contributed by atoms with Crippen molar-refractivity contribution >= 4 is 16.1 Å². The number of aryl methyl sites for hydroxylation is 1. The SMILES string of the molecule is CC(C)NC(=O)N(C1CCOCC1)C1CN(S(=O)(=O)c2cn(C)cn2)C1. The molecule has 10 heteroatoms. The number of carbonyl (C=O) groups excluding carboxylic acids is 1. The predicted octanol–water partition coefficient (Wildman–Crippen LogP) is 0.392. The summed E-state index contributed by atoms with van der Waals surface area (Å²) in [6.07, 6.45) is 4.50. The molecule has 0 radical (unpaired) electrons. The molecule has 26 heavy (non-hydrogen) atoms. The third-order valence-corrected chi connectivity index (χ3v) is 6.46. The van der Waals surface area contributed by atoms with Gasteiger partial charge in [0, 0.05) is 51.6 Å². The Kier molecular flexibility index (Phi) is 5.54. The van der Waals surface area contributed by atoms with Crippen molar-refractivity contribution in [2.24, 2.45) is 7.05 Å². The second-order valence-electron chi connectivity index (χ2n) is 7.21. The van der Waals surface area contributed by atoms with Crippen molar-refractivity contribution < 1.29 is 17.9 Å². The maximum absolute atomic E-state index is 12.7. The van der Waals surface area contributed by atoms with Gasteiger partial charge in [0.15, 0.2) is 5.03 Å². The van der Waals surface area contributed by atoms with E-state index in [1.54, 1.807) is 11.6 Å². The van der Waals surface area contributed by atoms with Crippen LogP contribution in [0.4, 0.5) is 4.79 Å². The highest BCUT2D eigenvalue weighted by Gasteiger charge is 2.44. The van der Waals surface area contributed by atoms with E-state index in [1.165, 1.54) is 16.8 Å². The van der Waals surface area contributed by atoms with Gasteiger partial charge in [0.25, 0.3) is 10.0 Å². The Labute approximate surface area is 154 Å². The molecule has 2 aliphatic heterocycles. The van der Waals surface area contributed by atoms with Crippen LogP contribution >= 0.6 is 0 Å². The summed E-state index contributed by atoms with van der Waals surface area (Å²) < 4.78 is 33.7. The van der Waals surface area contributed by atoms with Crippen molar-refractivity contribution in [3.8, 4) is 0 Å². The molecule has 2 fully saturated rings. The van der Waals surface area contributed by atoms with Gasteiger partial charge >= 0.3 is 6.03 Å². The van der Waals surface area contributed by atoms with Crippen LogP contribution in [0.15, 0.2) is 17.6 Å². The van der Waals surface area contributed by atoms with Crippen LogP contribution < -0.4 is 5.32 Å². The summed E-state index contributed by atoms with van der Waals surface area (Å²) in [6, 6.07) is -0.160. The number of urea groups is 1. The normalized spacial score (nSPS) is 20.2. The number of sulfonamides is 1. The summed E-state index contributed by atoms with van der Waals surface area (Å²) in [7, 11) is -1.88. The van der Waals surface area contributed by atoms with Crippen LogP contribution in [-0.2, 0) is 21.8 Å². The predicted molar refractivity (Wildman–Crippen MR) is 95.1 cm³/mol. The van der Waals surface area contributed by atoms with Crippen LogP contribution in [-0.4, -0.2) is 77.6 Å². The Morgan fingerprint density at radius 1 is 1.31 bits per heavy atom. The lowest BCUT2D eigenvalue weighted by Crippen LogP contribution is -2.66. The summed E-state index contributed by atoms with van der Waals surface area (Å²) in [5, 5.41) is 2.98. The van der Waals surface area contributed by atoms with Crippen LogP contribution in [0.2, 0.25) is 0 Å². The van der Waals surface area contributed by atoms with Gasteiger partial charge in [-0.25, -0.2) is 18.2 Å². The van der Waals surface area contributed by atoms with E-state index >= 15 is 0 Å². The first-order valence-electron chi connectivity index (χ1n) is 8.93. The van der Waals surface area contributed by atoms with Crippen molar-refractivity contribution in [2.75, 3.05) is 26.3 Å². The first kappa shape index (κ1) is 19.1. The molecule has 1 N–H and O–H groups in total. The van der Waals surface area contributed by atoms with Gasteiger partial charge in [-0.05, 0) is 26.7 Å². The summed E-state index contributed by atoms with van der Waals surface area (Å²) in [6.45, 7) is 5.67. The number of rotatable bonds is 5. The van der Waals surface area contributed by atoms with Crippen LogP contribution in [0.5, 0.6) is 0 Å². The van der Waals surface area contributed by atoms with Gasteiger partial charge in [-0.1, -0.05) is 0 Å². The number of amides is 2. The minimum atomic E-state index is -3.61. The topological polar surface area (TPSA) is 96.8 Å². The number of carbonyl (C=O) groups is 1. The monoisotopic (exact) mass is 385 g/mol. The van der Waals surface area contributed by atoms with Crippen molar-refractivity contribution in [1.82, 2.24) is 24.1 Å². The molecule has 146 valence electrons. The van der Waals surface area contributed by atoms with Gasteiger partial charge in [-0.3, -0.25) is 0 Å². The maximum Gasteiger partial charge on any atom is 0.318 e. The number of nitrogens with one attached hydrogen (secondary N) is 1. The molecule has 0 spiro atoms. The van der Waals surface area contributed by atoms with Crippen molar-refractivity contribution in [2.45, 2.75) is 49.8 Å². The Morgan fingerprint density at radius 3 is 2.50 bits per heavy atom. The average molecular weight is 385 g/mol. The lowest BCUT2D eigenvalue weighted by atomic mass is 10.0. The Bertz CT molecular complexity index is 736. The van der Waals surface area contributed by atoms with Gasteiger partial charge in [0.2, 0.25) is 0 Å². The molecule has 0 bridgehead atoms. The zero-order chi connectivity index (χ0) is 18.9. The van der Waals surface area contributed by atoms with Gasteiger partial charge in [0.05, 0.1) is 12.4 Å². The molecule has 3 rings (SSSR count). The Hall–Kier alpha value is -1.65. The number of nitrogens with zero attached hydrogens (tertiary/aromatic N) is 4. The molecule has 0 aromatic carbocycles. The second-order valence-corrected chi connectivity index (χ2v) is 9.09. The summed E-state index contributed by atoms with van der Waals surface area (Å²) >= 11 is 0. The number of imidazole rings is 1. The summed E-state index contributed by atoms with van der Waals surface area (Å²) in [5.41, 5.74) is 0. The molecule has 2 aliphatic rings. The molecule has 1 aromatic heterocycles. The minimum absolute atomic E-state index is 0.0262. The molecule has 2 saturated heterocycles. The molecule has 0 unspecified atom stereocenters. The van der Waals surface area contributed by atoms with Gasteiger partial charge in [-0.2, -0.15) is 4.31 Å². The largest absolute Gasteiger partial charge is 0.381 e. The summed E-state index contributed by atoms with van der Waals surface area (Å²) in [5.74, 6) is 0. The highest BCUT2D eigenvalue weighted by Crippen LogP contribution is 2.27. The first-order chi connectivity index (χ1) is 12.3. The molecule has 0 aliphatic carbocycles. The van der Waals surface area contributed by atoms with E-state index in [2.05, 4.69) is 10.3 Å². The smallest absolute Gasteiger partial charge is 0.318 e. The van der Waals surface area contributed by atoms with Crippen LogP contribution in [0.25, 0.3) is 0 Å². The minimum Gasteiger partial charge on any atom is -0.381 e. The molecular formula is C16H27N5O4S. The van der Waals surface area contributed by atoms with E-state index in [1.807, 2.05) is 18.7 Å². The zero-order valence-corrected chi connectivity index (χ0v) is 16.3. The lowest BCUT2D eigenvalue weighted by molar-refractivity contribution is 0.0108. The van der Waals surface area contributed by atoms with Gasteiger partial charge in [-0.15, -0.1) is 0 Å². The fraction of sp³-hybridized carbons (Fsp3) is 0.750. The zero-order valence-electron chi connectivity index (χ0n) is 15.5.